The fourth-order valence-electron chi connectivity index (χ4n) is 1.38. The van der Waals surface area contributed by atoms with E-state index in [0.717, 1.165) is 12.8 Å². The van der Waals surface area contributed by atoms with E-state index in [9.17, 15) is 8.42 Å². The van der Waals surface area contributed by atoms with Crippen LogP contribution in [0.1, 0.15) is 53.9 Å². The monoisotopic (exact) mass is 206 g/mol. The van der Waals surface area contributed by atoms with Gasteiger partial charge in [-0.25, -0.2) is 8.42 Å². The van der Waals surface area contributed by atoms with E-state index in [1.54, 1.807) is 0 Å². The smallest absolute Gasteiger partial charge is 0.158 e. The first-order valence-corrected chi connectivity index (χ1v) is 6.61. The Bertz CT molecular complexity index is 236. The minimum absolute atomic E-state index is 0.164. The average molecular weight is 206 g/mol. The lowest BCUT2D eigenvalue weighted by molar-refractivity contribution is 0.517. The molecule has 0 amide bonds. The molecule has 0 spiro atoms. The minimum Gasteiger partial charge on any atom is -0.228 e. The summed E-state index contributed by atoms with van der Waals surface area (Å²) >= 11 is 0. The summed E-state index contributed by atoms with van der Waals surface area (Å²) in [7, 11) is -2.95. The molecular weight excluding hydrogens is 184 g/mol. The Kier molecular flexibility index (Phi) is 4.43. The summed E-state index contributed by atoms with van der Waals surface area (Å²) in [5.74, 6) is 0. The van der Waals surface area contributed by atoms with Crippen LogP contribution < -0.4 is 0 Å². The van der Waals surface area contributed by atoms with E-state index in [0.29, 0.717) is 6.42 Å². The second kappa shape index (κ2) is 4.45. The van der Waals surface area contributed by atoms with E-state index in [1.165, 1.54) is 0 Å². The van der Waals surface area contributed by atoms with Crippen LogP contribution in [0.2, 0.25) is 0 Å². The van der Waals surface area contributed by atoms with Crippen molar-refractivity contribution in [1.82, 2.24) is 0 Å². The fraction of sp³-hybridized carbons (Fsp3) is 1.00. The minimum atomic E-state index is -2.95. The first-order valence-electron chi connectivity index (χ1n) is 5.06. The molecule has 0 atom stereocenters. The van der Waals surface area contributed by atoms with Crippen LogP contribution in [0.4, 0.5) is 0 Å². The van der Waals surface area contributed by atoms with Crippen LogP contribution in [0, 0.1) is 0 Å². The molecule has 0 aromatic carbocycles. The highest BCUT2D eigenvalue weighted by molar-refractivity contribution is 7.93. The summed E-state index contributed by atoms with van der Waals surface area (Å²) in [6.45, 7) is 9.45. The molecule has 0 aliphatic rings. The predicted octanol–water partition coefficient (Wildman–Crippen LogP) is 2.78. The zero-order chi connectivity index (χ0) is 10.7. The van der Waals surface area contributed by atoms with Crippen molar-refractivity contribution < 1.29 is 8.42 Å². The highest BCUT2D eigenvalue weighted by atomic mass is 32.2. The quantitative estimate of drug-likeness (QED) is 0.693. The fourth-order valence-corrected chi connectivity index (χ4v) is 3.56. The molecule has 0 rings (SSSR count). The zero-order valence-corrected chi connectivity index (χ0v) is 10.2. The Hall–Kier alpha value is -0.0500. The van der Waals surface area contributed by atoms with E-state index in [4.69, 9.17) is 0 Å². The van der Waals surface area contributed by atoms with Crippen LogP contribution in [0.25, 0.3) is 0 Å². The highest BCUT2D eigenvalue weighted by Crippen LogP contribution is 2.27. The molecule has 0 aromatic rings. The Morgan fingerprint density at radius 2 is 1.46 bits per heavy atom. The highest BCUT2D eigenvalue weighted by Gasteiger charge is 2.37. The average Bonchev–Trinajstić information content (AvgIpc) is 2.06. The summed E-state index contributed by atoms with van der Waals surface area (Å²) in [6.07, 6.45) is 2.14. The lowest BCUT2D eigenvalue weighted by Crippen LogP contribution is -2.38. The third kappa shape index (κ3) is 2.46. The van der Waals surface area contributed by atoms with E-state index in [-0.39, 0.29) is 5.25 Å². The second-order valence-electron chi connectivity index (χ2n) is 4.10. The van der Waals surface area contributed by atoms with Gasteiger partial charge in [0.1, 0.15) is 0 Å². The molecule has 3 heteroatoms. The standard InChI is InChI=1S/C10H22O2S/c1-6-9(7-2)13(11,12)10(4,5)8-3/h9H,6-8H2,1-5H3. The second-order valence-corrected chi connectivity index (χ2v) is 6.96. The third-order valence-electron chi connectivity index (χ3n) is 2.97. The summed E-state index contributed by atoms with van der Waals surface area (Å²) in [5.41, 5.74) is 0. The molecule has 0 fully saturated rings. The normalized spacial score (nSPS) is 13.7. The number of sulfone groups is 1. The molecule has 0 aliphatic carbocycles. The van der Waals surface area contributed by atoms with Gasteiger partial charge < -0.3 is 0 Å². The summed E-state index contributed by atoms with van der Waals surface area (Å²) in [4.78, 5) is 0. The van der Waals surface area contributed by atoms with Gasteiger partial charge in [-0.15, -0.1) is 0 Å². The SMILES string of the molecule is CCC(CC)S(=O)(=O)C(C)(C)CC. The lowest BCUT2D eigenvalue weighted by atomic mass is 10.1. The topological polar surface area (TPSA) is 34.1 Å². The number of hydrogen-bond donors (Lipinski definition) is 0. The Morgan fingerprint density at radius 3 is 1.69 bits per heavy atom. The molecular formula is C10H22O2S. The van der Waals surface area contributed by atoms with Crippen molar-refractivity contribution in [1.29, 1.82) is 0 Å². The maximum Gasteiger partial charge on any atom is 0.158 e. The van der Waals surface area contributed by atoms with Gasteiger partial charge in [0.2, 0.25) is 0 Å². The molecule has 0 radical (unpaired) electrons. The summed E-state index contributed by atoms with van der Waals surface area (Å²) < 4.78 is 23.5. The van der Waals surface area contributed by atoms with E-state index in [1.807, 2.05) is 34.6 Å². The molecule has 2 nitrogen and oxygen atoms in total. The van der Waals surface area contributed by atoms with Gasteiger partial charge in [-0.2, -0.15) is 0 Å². The number of rotatable bonds is 5. The van der Waals surface area contributed by atoms with E-state index >= 15 is 0 Å². The van der Waals surface area contributed by atoms with Crippen molar-refractivity contribution in [3.8, 4) is 0 Å². The third-order valence-corrected chi connectivity index (χ3v) is 6.34. The van der Waals surface area contributed by atoms with Gasteiger partial charge in [0, 0.05) is 0 Å². The van der Waals surface area contributed by atoms with Gasteiger partial charge in [-0.3, -0.25) is 0 Å². The predicted molar refractivity (Wildman–Crippen MR) is 57.7 cm³/mol. The van der Waals surface area contributed by atoms with Crippen molar-refractivity contribution in [2.75, 3.05) is 0 Å². The molecule has 0 heterocycles. The molecule has 0 N–H and O–H groups in total. The molecule has 0 saturated carbocycles. The zero-order valence-electron chi connectivity index (χ0n) is 9.42. The molecule has 0 aliphatic heterocycles. The molecule has 0 aromatic heterocycles. The molecule has 0 unspecified atom stereocenters. The van der Waals surface area contributed by atoms with Crippen molar-refractivity contribution in [2.45, 2.75) is 63.9 Å². The summed E-state index contributed by atoms with van der Waals surface area (Å²) in [5, 5.41) is -0.164. The maximum atomic E-state index is 12.0. The molecule has 0 bridgehead atoms. The maximum absolute atomic E-state index is 12.0. The van der Waals surface area contributed by atoms with Crippen LogP contribution in [0.5, 0.6) is 0 Å². The van der Waals surface area contributed by atoms with Gasteiger partial charge in [0.15, 0.2) is 9.84 Å². The van der Waals surface area contributed by atoms with Crippen LogP contribution in [0.15, 0.2) is 0 Å². The molecule has 0 saturated heterocycles. The van der Waals surface area contributed by atoms with Crippen LogP contribution in [-0.2, 0) is 9.84 Å². The van der Waals surface area contributed by atoms with Gasteiger partial charge in [0.05, 0.1) is 10.00 Å². The van der Waals surface area contributed by atoms with Gasteiger partial charge >= 0.3 is 0 Å². The largest absolute Gasteiger partial charge is 0.228 e. The first-order chi connectivity index (χ1) is 5.83. The molecule has 13 heavy (non-hydrogen) atoms. The van der Waals surface area contributed by atoms with E-state index in [2.05, 4.69) is 0 Å². The van der Waals surface area contributed by atoms with Crippen LogP contribution >= 0.6 is 0 Å². The molecule has 80 valence electrons. The van der Waals surface area contributed by atoms with Gasteiger partial charge in [-0.1, -0.05) is 20.8 Å². The van der Waals surface area contributed by atoms with Crippen molar-refractivity contribution in [2.24, 2.45) is 0 Å². The van der Waals surface area contributed by atoms with Crippen molar-refractivity contribution >= 4 is 9.84 Å². The number of hydrogen-bond acceptors (Lipinski definition) is 2. The lowest BCUT2D eigenvalue weighted by Gasteiger charge is -2.28. The van der Waals surface area contributed by atoms with E-state index < -0.39 is 14.6 Å². The van der Waals surface area contributed by atoms with Gasteiger partial charge in [0.25, 0.3) is 0 Å². The van der Waals surface area contributed by atoms with Gasteiger partial charge in [-0.05, 0) is 33.1 Å². The first kappa shape index (κ1) is 12.9. The van der Waals surface area contributed by atoms with Crippen molar-refractivity contribution in [3.63, 3.8) is 0 Å². The van der Waals surface area contributed by atoms with Crippen LogP contribution in [0.3, 0.4) is 0 Å². The Balaban J connectivity index is 4.95. The Morgan fingerprint density at radius 1 is 1.08 bits per heavy atom. The van der Waals surface area contributed by atoms with Crippen LogP contribution in [-0.4, -0.2) is 18.4 Å². The summed E-state index contributed by atoms with van der Waals surface area (Å²) in [6, 6.07) is 0. The Labute approximate surface area is 82.6 Å². The van der Waals surface area contributed by atoms with Crippen molar-refractivity contribution in [3.05, 3.63) is 0 Å².